The Morgan fingerprint density at radius 1 is 1.21 bits per heavy atom. The maximum Gasteiger partial charge on any atom is 0.193 e. The number of halogens is 2. The maximum absolute atomic E-state index is 6.11. The van der Waals surface area contributed by atoms with Gasteiger partial charge in [-0.05, 0) is 43.7 Å². The second kappa shape index (κ2) is 10.4. The molecule has 1 aliphatic heterocycles. The molecule has 0 radical (unpaired) electrons. The summed E-state index contributed by atoms with van der Waals surface area (Å²) < 4.78 is 5.87. The third kappa shape index (κ3) is 6.62. The number of benzene rings is 2. The van der Waals surface area contributed by atoms with Gasteiger partial charge in [0.05, 0.1) is 24.8 Å². The van der Waals surface area contributed by atoms with Crippen LogP contribution < -0.4 is 11.1 Å². The molecule has 0 amide bonds. The molecular formula is C21H28ClIN4O. The highest BCUT2D eigenvalue weighted by atomic mass is 127. The van der Waals surface area contributed by atoms with Gasteiger partial charge >= 0.3 is 0 Å². The standard InChI is InChI=1S/C21H27ClN4O.HI/c1-21(2)15-26(12-13-27-21)19(16-8-10-17(22)11-9-16)14-24-20(23)25-18-6-4-3-5-7-18;/h3-11,19H,12-15H2,1-2H3,(H3,23,24,25);1H. The normalized spacial score (nSPS) is 18.2. The van der Waals surface area contributed by atoms with Gasteiger partial charge in [0.1, 0.15) is 0 Å². The van der Waals surface area contributed by atoms with E-state index in [9.17, 15) is 0 Å². The Morgan fingerprint density at radius 2 is 1.89 bits per heavy atom. The van der Waals surface area contributed by atoms with Crippen LogP contribution in [0.5, 0.6) is 0 Å². The average Bonchev–Trinajstić information content (AvgIpc) is 2.63. The number of nitrogens with zero attached hydrogens (tertiary/aromatic N) is 2. The summed E-state index contributed by atoms with van der Waals surface area (Å²) >= 11 is 6.07. The molecule has 2 aromatic rings. The Hall–Kier alpha value is -1.35. The molecule has 3 rings (SSSR count). The van der Waals surface area contributed by atoms with E-state index in [-0.39, 0.29) is 35.6 Å². The molecule has 1 atom stereocenters. The van der Waals surface area contributed by atoms with E-state index in [1.54, 1.807) is 0 Å². The summed E-state index contributed by atoms with van der Waals surface area (Å²) in [6.07, 6.45) is 0. The van der Waals surface area contributed by atoms with Crippen molar-refractivity contribution >= 4 is 47.2 Å². The van der Waals surface area contributed by atoms with E-state index in [1.807, 2.05) is 42.5 Å². The number of hydrogen-bond acceptors (Lipinski definition) is 3. The van der Waals surface area contributed by atoms with E-state index < -0.39 is 0 Å². The van der Waals surface area contributed by atoms with E-state index in [0.29, 0.717) is 19.1 Å². The molecule has 1 fully saturated rings. The summed E-state index contributed by atoms with van der Waals surface area (Å²) in [7, 11) is 0. The second-order valence-electron chi connectivity index (χ2n) is 7.36. The number of rotatable bonds is 5. The molecule has 7 heteroatoms. The van der Waals surface area contributed by atoms with Crippen molar-refractivity contribution in [1.82, 2.24) is 4.90 Å². The summed E-state index contributed by atoms with van der Waals surface area (Å²) in [6.45, 7) is 7.20. The van der Waals surface area contributed by atoms with Gasteiger partial charge in [0, 0.05) is 23.8 Å². The van der Waals surface area contributed by atoms with Crippen molar-refractivity contribution in [3.63, 3.8) is 0 Å². The molecule has 0 aliphatic carbocycles. The lowest BCUT2D eigenvalue weighted by molar-refractivity contribution is -0.0966. The summed E-state index contributed by atoms with van der Waals surface area (Å²) in [5, 5.41) is 3.87. The predicted molar refractivity (Wildman–Crippen MR) is 128 cm³/mol. The molecule has 1 saturated heterocycles. The minimum absolute atomic E-state index is 0. The molecule has 1 heterocycles. The van der Waals surface area contributed by atoms with Gasteiger partial charge in [0.2, 0.25) is 0 Å². The molecule has 5 nitrogen and oxygen atoms in total. The maximum atomic E-state index is 6.11. The predicted octanol–water partition coefficient (Wildman–Crippen LogP) is 4.54. The number of hydrogen-bond donors (Lipinski definition) is 2. The Morgan fingerprint density at radius 3 is 2.54 bits per heavy atom. The molecule has 0 saturated carbocycles. The fraction of sp³-hybridized carbons (Fsp3) is 0.381. The second-order valence-corrected chi connectivity index (χ2v) is 7.80. The zero-order valence-corrected chi connectivity index (χ0v) is 19.4. The van der Waals surface area contributed by atoms with Gasteiger partial charge in [-0.2, -0.15) is 0 Å². The molecule has 1 aliphatic rings. The van der Waals surface area contributed by atoms with E-state index in [0.717, 1.165) is 23.8 Å². The minimum Gasteiger partial charge on any atom is -0.373 e. The third-order valence-electron chi connectivity index (χ3n) is 4.63. The summed E-state index contributed by atoms with van der Waals surface area (Å²) in [4.78, 5) is 7.02. The van der Waals surface area contributed by atoms with Crippen LogP contribution in [0.4, 0.5) is 5.69 Å². The number of nitrogens with two attached hydrogens (primary N) is 1. The molecule has 2 aromatic carbocycles. The lowest BCUT2D eigenvalue weighted by Gasteiger charge is -2.42. The van der Waals surface area contributed by atoms with Crippen molar-refractivity contribution in [2.24, 2.45) is 10.7 Å². The van der Waals surface area contributed by atoms with Crippen LogP contribution in [-0.2, 0) is 4.74 Å². The zero-order chi connectivity index (χ0) is 19.3. The van der Waals surface area contributed by atoms with Gasteiger partial charge in [0.15, 0.2) is 5.96 Å². The smallest absolute Gasteiger partial charge is 0.193 e. The largest absolute Gasteiger partial charge is 0.373 e. The fourth-order valence-corrected chi connectivity index (χ4v) is 3.46. The molecule has 0 bridgehead atoms. The van der Waals surface area contributed by atoms with Crippen LogP contribution in [-0.4, -0.2) is 42.7 Å². The highest BCUT2D eigenvalue weighted by Gasteiger charge is 2.32. The van der Waals surface area contributed by atoms with Gasteiger partial charge in [-0.1, -0.05) is 41.9 Å². The van der Waals surface area contributed by atoms with E-state index in [1.165, 1.54) is 5.56 Å². The molecule has 1 unspecified atom stereocenters. The van der Waals surface area contributed by atoms with Gasteiger partial charge in [0.25, 0.3) is 0 Å². The van der Waals surface area contributed by atoms with Crippen LogP contribution >= 0.6 is 35.6 Å². The number of nitrogens with one attached hydrogen (secondary N) is 1. The Balaban J connectivity index is 0.00000280. The van der Waals surface area contributed by atoms with Crippen molar-refractivity contribution in [2.45, 2.75) is 25.5 Å². The Labute approximate surface area is 189 Å². The summed E-state index contributed by atoms with van der Waals surface area (Å²) in [6, 6.07) is 17.9. The average molecular weight is 515 g/mol. The topological polar surface area (TPSA) is 62.9 Å². The lowest BCUT2D eigenvalue weighted by atomic mass is 10.0. The Kier molecular flexibility index (Phi) is 8.55. The van der Waals surface area contributed by atoms with Crippen molar-refractivity contribution in [3.05, 3.63) is 65.2 Å². The van der Waals surface area contributed by atoms with Gasteiger partial charge < -0.3 is 15.8 Å². The first-order chi connectivity index (χ1) is 12.9. The third-order valence-corrected chi connectivity index (χ3v) is 4.88. The van der Waals surface area contributed by atoms with Crippen molar-refractivity contribution in [2.75, 3.05) is 31.6 Å². The highest BCUT2D eigenvalue weighted by Crippen LogP contribution is 2.28. The van der Waals surface area contributed by atoms with Gasteiger partial charge in [-0.3, -0.25) is 9.89 Å². The van der Waals surface area contributed by atoms with Gasteiger partial charge in [-0.15, -0.1) is 24.0 Å². The van der Waals surface area contributed by atoms with Crippen LogP contribution in [0.1, 0.15) is 25.5 Å². The number of guanidine groups is 1. The van der Waals surface area contributed by atoms with Crippen molar-refractivity contribution in [1.29, 1.82) is 0 Å². The van der Waals surface area contributed by atoms with Crippen molar-refractivity contribution in [3.8, 4) is 0 Å². The molecule has 28 heavy (non-hydrogen) atoms. The fourth-order valence-electron chi connectivity index (χ4n) is 3.33. The summed E-state index contributed by atoms with van der Waals surface area (Å²) in [5.74, 6) is 0.410. The minimum atomic E-state index is -0.180. The SMILES string of the molecule is CC1(C)CN(C(CN=C(N)Nc2ccccc2)c2ccc(Cl)cc2)CCO1.I. The van der Waals surface area contributed by atoms with E-state index in [2.05, 4.69) is 41.2 Å². The molecular weight excluding hydrogens is 487 g/mol. The number of para-hydroxylation sites is 1. The number of ether oxygens (including phenoxy) is 1. The summed E-state index contributed by atoms with van der Waals surface area (Å²) in [5.41, 5.74) is 8.03. The van der Waals surface area contributed by atoms with Crippen LogP contribution in [0.15, 0.2) is 59.6 Å². The molecule has 0 spiro atoms. The highest BCUT2D eigenvalue weighted by molar-refractivity contribution is 14.0. The first-order valence-electron chi connectivity index (χ1n) is 9.18. The zero-order valence-electron chi connectivity index (χ0n) is 16.3. The van der Waals surface area contributed by atoms with Crippen LogP contribution in [0.3, 0.4) is 0 Å². The lowest BCUT2D eigenvalue weighted by Crippen LogP contribution is -2.50. The quantitative estimate of drug-likeness (QED) is 0.349. The first-order valence-corrected chi connectivity index (χ1v) is 9.56. The molecule has 152 valence electrons. The van der Waals surface area contributed by atoms with Crippen LogP contribution in [0.25, 0.3) is 0 Å². The van der Waals surface area contributed by atoms with Crippen LogP contribution in [0.2, 0.25) is 5.02 Å². The van der Waals surface area contributed by atoms with E-state index >= 15 is 0 Å². The van der Waals surface area contributed by atoms with Crippen molar-refractivity contribution < 1.29 is 4.74 Å². The number of morpholine rings is 1. The van der Waals surface area contributed by atoms with E-state index in [4.69, 9.17) is 22.1 Å². The van der Waals surface area contributed by atoms with Gasteiger partial charge in [-0.25, -0.2) is 0 Å². The van der Waals surface area contributed by atoms with Crippen LogP contribution in [0, 0.1) is 0 Å². The monoisotopic (exact) mass is 514 g/mol. The Bertz CT molecular complexity index is 768. The first kappa shape index (κ1) is 22.9. The molecule has 3 N–H and O–H groups in total. The number of anilines is 1. The number of aliphatic imine (C=N–C) groups is 1. The molecule has 0 aromatic heterocycles.